The lowest BCUT2D eigenvalue weighted by atomic mass is 9.94. The van der Waals surface area contributed by atoms with Crippen molar-refractivity contribution in [2.45, 2.75) is 50.6 Å². The minimum atomic E-state index is 0.708. The van der Waals surface area contributed by atoms with Crippen LogP contribution in [0.2, 0.25) is 0 Å². The van der Waals surface area contributed by atoms with E-state index in [4.69, 9.17) is 0 Å². The molecule has 1 aliphatic heterocycles. The first-order valence-electron chi connectivity index (χ1n) is 7.38. The van der Waals surface area contributed by atoms with E-state index in [-0.39, 0.29) is 0 Å². The summed E-state index contributed by atoms with van der Waals surface area (Å²) in [6.07, 6.45) is 8.50. The molecule has 1 saturated heterocycles. The van der Waals surface area contributed by atoms with Crippen molar-refractivity contribution in [3.8, 4) is 0 Å². The molecule has 1 aliphatic carbocycles. The number of rotatable bonds is 4. The average Bonchev–Trinajstić information content (AvgIpc) is 2.37. The number of hydrogen-bond acceptors (Lipinski definition) is 3. The summed E-state index contributed by atoms with van der Waals surface area (Å²) >= 11 is 0. The van der Waals surface area contributed by atoms with E-state index in [0.717, 1.165) is 12.6 Å². The third kappa shape index (κ3) is 4.23. The average molecular weight is 239 g/mol. The summed E-state index contributed by atoms with van der Waals surface area (Å²) in [6, 6.07) is 1.57. The second kappa shape index (κ2) is 6.72. The van der Waals surface area contributed by atoms with Crippen molar-refractivity contribution in [1.82, 2.24) is 15.1 Å². The van der Waals surface area contributed by atoms with Crippen molar-refractivity contribution in [1.29, 1.82) is 0 Å². The van der Waals surface area contributed by atoms with Gasteiger partial charge in [0.15, 0.2) is 0 Å². The van der Waals surface area contributed by atoms with Crippen LogP contribution in [0.1, 0.15) is 38.5 Å². The lowest BCUT2D eigenvalue weighted by Gasteiger charge is -2.35. The van der Waals surface area contributed by atoms with Gasteiger partial charge < -0.3 is 15.1 Å². The number of likely N-dealkylation sites (N-methyl/N-ethyl adjacent to an activating group) is 1. The molecule has 0 aromatic heterocycles. The predicted molar refractivity (Wildman–Crippen MR) is 73.4 cm³/mol. The predicted octanol–water partition coefficient (Wildman–Crippen LogP) is 1.54. The van der Waals surface area contributed by atoms with Gasteiger partial charge in [-0.05, 0) is 39.9 Å². The molecule has 2 aliphatic rings. The van der Waals surface area contributed by atoms with Gasteiger partial charge in [-0.25, -0.2) is 0 Å². The first kappa shape index (κ1) is 13.3. The quantitative estimate of drug-likeness (QED) is 0.803. The first-order chi connectivity index (χ1) is 8.25. The zero-order valence-electron chi connectivity index (χ0n) is 11.6. The van der Waals surface area contributed by atoms with Crippen LogP contribution in [-0.4, -0.2) is 62.2 Å². The van der Waals surface area contributed by atoms with Gasteiger partial charge in [0.2, 0.25) is 0 Å². The molecule has 100 valence electrons. The van der Waals surface area contributed by atoms with Gasteiger partial charge in [0.1, 0.15) is 0 Å². The Kier molecular flexibility index (Phi) is 5.26. The molecular weight excluding hydrogens is 210 g/mol. The monoisotopic (exact) mass is 239 g/mol. The highest BCUT2D eigenvalue weighted by molar-refractivity contribution is 4.79. The Balaban J connectivity index is 1.66. The van der Waals surface area contributed by atoms with E-state index in [1.54, 1.807) is 0 Å². The topological polar surface area (TPSA) is 18.5 Å². The largest absolute Gasteiger partial charge is 0.311 e. The van der Waals surface area contributed by atoms with Crippen LogP contribution in [0.5, 0.6) is 0 Å². The zero-order chi connectivity index (χ0) is 12.1. The highest BCUT2D eigenvalue weighted by Gasteiger charge is 2.20. The number of nitrogens with zero attached hydrogens (tertiary/aromatic N) is 2. The molecule has 0 spiro atoms. The van der Waals surface area contributed by atoms with Crippen molar-refractivity contribution >= 4 is 0 Å². The van der Waals surface area contributed by atoms with E-state index in [2.05, 4.69) is 29.2 Å². The normalized spacial score (nSPS) is 28.8. The Morgan fingerprint density at radius 2 is 2.00 bits per heavy atom. The summed E-state index contributed by atoms with van der Waals surface area (Å²) in [7, 11) is 4.56. The Morgan fingerprint density at radius 3 is 2.71 bits per heavy atom. The van der Waals surface area contributed by atoms with Gasteiger partial charge in [0.05, 0.1) is 0 Å². The van der Waals surface area contributed by atoms with Crippen molar-refractivity contribution in [3.63, 3.8) is 0 Å². The third-order valence-corrected chi connectivity index (χ3v) is 4.49. The Bertz CT molecular complexity index is 214. The van der Waals surface area contributed by atoms with E-state index in [1.165, 1.54) is 58.2 Å². The SMILES string of the molecule is CN1CCNC(CCN(C)C2CCCCC2)C1. The van der Waals surface area contributed by atoms with Gasteiger partial charge in [-0.1, -0.05) is 19.3 Å². The van der Waals surface area contributed by atoms with Crippen LogP contribution in [0.4, 0.5) is 0 Å². The van der Waals surface area contributed by atoms with Crippen molar-refractivity contribution in [2.75, 3.05) is 40.3 Å². The summed E-state index contributed by atoms with van der Waals surface area (Å²) in [6.45, 7) is 4.85. The standard InChI is InChI=1S/C14H29N3/c1-16-11-9-15-13(12-16)8-10-17(2)14-6-4-3-5-7-14/h13-15H,3-12H2,1-2H3. The third-order valence-electron chi connectivity index (χ3n) is 4.49. The summed E-state index contributed by atoms with van der Waals surface area (Å²) in [4.78, 5) is 5.05. The summed E-state index contributed by atoms with van der Waals surface area (Å²) in [5.74, 6) is 0. The smallest absolute Gasteiger partial charge is 0.0207 e. The van der Waals surface area contributed by atoms with Gasteiger partial charge in [0.25, 0.3) is 0 Å². The van der Waals surface area contributed by atoms with Gasteiger partial charge in [-0.3, -0.25) is 0 Å². The minimum Gasteiger partial charge on any atom is -0.311 e. The molecule has 2 fully saturated rings. The first-order valence-corrected chi connectivity index (χ1v) is 7.38. The van der Waals surface area contributed by atoms with Crippen LogP contribution < -0.4 is 5.32 Å². The molecule has 1 N–H and O–H groups in total. The lowest BCUT2D eigenvalue weighted by Crippen LogP contribution is -2.50. The number of hydrogen-bond donors (Lipinski definition) is 1. The van der Waals surface area contributed by atoms with Gasteiger partial charge >= 0.3 is 0 Å². The van der Waals surface area contributed by atoms with E-state index in [9.17, 15) is 0 Å². The maximum Gasteiger partial charge on any atom is 0.0207 e. The molecule has 0 radical (unpaired) electrons. The second-order valence-electron chi connectivity index (χ2n) is 5.97. The maximum absolute atomic E-state index is 3.64. The minimum absolute atomic E-state index is 0.708. The van der Waals surface area contributed by atoms with Gasteiger partial charge in [-0.15, -0.1) is 0 Å². The summed E-state index contributed by atoms with van der Waals surface area (Å²) < 4.78 is 0. The van der Waals surface area contributed by atoms with E-state index in [1.807, 2.05) is 0 Å². The fourth-order valence-corrected chi connectivity index (χ4v) is 3.25. The van der Waals surface area contributed by atoms with Crippen molar-refractivity contribution < 1.29 is 0 Å². The van der Waals surface area contributed by atoms with E-state index in [0.29, 0.717) is 6.04 Å². The molecule has 1 atom stereocenters. The maximum atomic E-state index is 3.64. The molecule has 0 aromatic rings. The van der Waals surface area contributed by atoms with Gasteiger partial charge in [0, 0.05) is 31.7 Å². The lowest BCUT2D eigenvalue weighted by molar-refractivity contribution is 0.167. The highest BCUT2D eigenvalue weighted by Crippen LogP contribution is 2.21. The van der Waals surface area contributed by atoms with Crippen LogP contribution >= 0.6 is 0 Å². The molecule has 0 bridgehead atoms. The van der Waals surface area contributed by atoms with Crippen LogP contribution in [-0.2, 0) is 0 Å². The molecule has 3 heteroatoms. The van der Waals surface area contributed by atoms with Crippen molar-refractivity contribution in [2.24, 2.45) is 0 Å². The second-order valence-corrected chi connectivity index (χ2v) is 5.97. The molecule has 17 heavy (non-hydrogen) atoms. The van der Waals surface area contributed by atoms with Crippen LogP contribution in [0, 0.1) is 0 Å². The van der Waals surface area contributed by atoms with E-state index < -0.39 is 0 Å². The van der Waals surface area contributed by atoms with Crippen LogP contribution in [0.25, 0.3) is 0 Å². The number of nitrogens with one attached hydrogen (secondary N) is 1. The fourth-order valence-electron chi connectivity index (χ4n) is 3.25. The van der Waals surface area contributed by atoms with Crippen LogP contribution in [0.15, 0.2) is 0 Å². The molecule has 2 rings (SSSR count). The molecule has 3 nitrogen and oxygen atoms in total. The molecular formula is C14H29N3. The number of piperazine rings is 1. The molecule has 0 aromatic carbocycles. The molecule has 1 saturated carbocycles. The van der Waals surface area contributed by atoms with Crippen molar-refractivity contribution in [3.05, 3.63) is 0 Å². The Hall–Kier alpha value is -0.120. The Labute approximate surface area is 107 Å². The fraction of sp³-hybridized carbons (Fsp3) is 1.00. The summed E-state index contributed by atoms with van der Waals surface area (Å²) in [5.41, 5.74) is 0. The highest BCUT2D eigenvalue weighted by atomic mass is 15.2. The molecule has 1 heterocycles. The van der Waals surface area contributed by atoms with E-state index >= 15 is 0 Å². The zero-order valence-corrected chi connectivity index (χ0v) is 11.6. The molecule has 0 amide bonds. The summed E-state index contributed by atoms with van der Waals surface area (Å²) in [5, 5.41) is 3.64. The Morgan fingerprint density at radius 1 is 1.24 bits per heavy atom. The molecule has 1 unspecified atom stereocenters. The van der Waals surface area contributed by atoms with Crippen LogP contribution in [0.3, 0.4) is 0 Å². The van der Waals surface area contributed by atoms with Gasteiger partial charge in [-0.2, -0.15) is 0 Å².